The Labute approximate surface area is 160 Å². The third-order valence-corrected chi connectivity index (χ3v) is 0. The van der Waals surface area contributed by atoms with Crippen molar-refractivity contribution >= 4 is 86.6 Å². The first-order valence-electron chi connectivity index (χ1n) is 0. The zero-order chi connectivity index (χ0) is 0. The number of rotatable bonds is 0. The van der Waals surface area contributed by atoms with Crippen LogP contribution in [0.15, 0.2) is 0 Å². The van der Waals surface area contributed by atoms with Crippen LogP contribution >= 0.6 is 0 Å². The van der Waals surface area contributed by atoms with E-state index in [1.165, 1.54) is 0 Å². The molecule has 5 N–H and O–H groups in total. The molecule has 8 heavy (non-hydrogen) atoms. The molecule has 0 aliphatic carbocycles. The maximum absolute atomic E-state index is 0. The van der Waals surface area contributed by atoms with Gasteiger partial charge in [-0.2, -0.15) is 0 Å². The third-order valence-electron chi connectivity index (χ3n) is 0. The SMILES string of the molecule is [Ba+2].[Ca+2].[K+].[OH-].[OH-].[OH-].[OH-].[OH-]. The summed E-state index contributed by atoms with van der Waals surface area (Å²) in [5, 5.41) is 0. The van der Waals surface area contributed by atoms with Gasteiger partial charge in [0, 0.05) is 0 Å². The van der Waals surface area contributed by atoms with Crippen LogP contribution in [0.3, 0.4) is 0 Å². The van der Waals surface area contributed by atoms with Crippen molar-refractivity contribution in [3.05, 3.63) is 0 Å². The monoisotopic (exact) mass is 302 g/mol. The topological polar surface area (TPSA) is 150 Å². The van der Waals surface area contributed by atoms with Crippen molar-refractivity contribution in [3.8, 4) is 0 Å². The first-order valence-corrected chi connectivity index (χ1v) is 0. The molecule has 0 rings (SSSR count). The molecule has 0 heterocycles. The summed E-state index contributed by atoms with van der Waals surface area (Å²) in [6.45, 7) is 0. The van der Waals surface area contributed by atoms with Crippen molar-refractivity contribution in [2.24, 2.45) is 0 Å². The van der Waals surface area contributed by atoms with E-state index in [1.807, 2.05) is 0 Å². The van der Waals surface area contributed by atoms with Crippen molar-refractivity contribution < 1.29 is 78.8 Å². The Hall–Kier alpha value is 4.27. The summed E-state index contributed by atoms with van der Waals surface area (Å²) in [6.07, 6.45) is 0. The fourth-order valence-corrected chi connectivity index (χ4v) is 0. The quantitative estimate of drug-likeness (QED) is 0.412. The van der Waals surface area contributed by atoms with Crippen LogP contribution in [0.4, 0.5) is 0 Å². The largest absolute Gasteiger partial charge is 2.00 e. The molecule has 8 heteroatoms. The van der Waals surface area contributed by atoms with Crippen LogP contribution in [-0.2, 0) is 0 Å². The van der Waals surface area contributed by atoms with E-state index in [0.717, 1.165) is 0 Å². The molecule has 0 aromatic rings. The minimum absolute atomic E-state index is 0. The second-order valence-corrected chi connectivity index (χ2v) is 0. The van der Waals surface area contributed by atoms with Crippen LogP contribution in [0.2, 0.25) is 0 Å². The van der Waals surface area contributed by atoms with Gasteiger partial charge in [0.1, 0.15) is 0 Å². The smallest absolute Gasteiger partial charge is 0.870 e. The van der Waals surface area contributed by atoms with E-state index in [1.54, 1.807) is 0 Å². The minimum atomic E-state index is 0. The van der Waals surface area contributed by atoms with Gasteiger partial charge in [0.2, 0.25) is 0 Å². The van der Waals surface area contributed by atoms with Gasteiger partial charge in [-0.1, -0.05) is 0 Å². The average Bonchev–Trinajstić information content (AvgIpc) is 0. The summed E-state index contributed by atoms with van der Waals surface area (Å²) >= 11 is 0. The standard InChI is InChI=1S/Ba.Ca.K.5H2O/h;;;5*1H2/q2*+2;+1;;;;;/p-5. The van der Waals surface area contributed by atoms with Gasteiger partial charge in [-0.15, -0.1) is 0 Å². The molecule has 0 saturated carbocycles. The van der Waals surface area contributed by atoms with Gasteiger partial charge in [0.25, 0.3) is 0 Å². The Morgan fingerprint density at radius 1 is 0.500 bits per heavy atom. The summed E-state index contributed by atoms with van der Waals surface area (Å²) in [6, 6.07) is 0. The van der Waals surface area contributed by atoms with Crippen molar-refractivity contribution in [2.75, 3.05) is 0 Å². The number of hydrogen-bond acceptors (Lipinski definition) is 5. The summed E-state index contributed by atoms with van der Waals surface area (Å²) in [7, 11) is 0. The molecular weight excluding hydrogens is 296 g/mol. The zero-order valence-corrected chi connectivity index (χ0v) is 14.4. The Morgan fingerprint density at radius 2 is 0.500 bits per heavy atom. The fourth-order valence-electron chi connectivity index (χ4n) is 0. The maximum atomic E-state index is 0. The average molecular weight is 302 g/mol. The second kappa shape index (κ2) is 65.2. The first-order chi connectivity index (χ1) is 0. The molecule has 0 aromatic carbocycles. The van der Waals surface area contributed by atoms with Crippen LogP contribution in [0.1, 0.15) is 0 Å². The van der Waals surface area contributed by atoms with E-state index in [2.05, 4.69) is 0 Å². The molecule has 0 saturated heterocycles. The van der Waals surface area contributed by atoms with E-state index >= 15 is 0 Å². The number of hydrogen-bond donors (Lipinski definition) is 0. The molecule has 0 fully saturated rings. The van der Waals surface area contributed by atoms with E-state index in [4.69, 9.17) is 0 Å². The van der Waals surface area contributed by atoms with Crippen LogP contribution < -0.4 is 51.4 Å². The van der Waals surface area contributed by atoms with Crippen LogP contribution in [-0.4, -0.2) is 114 Å². The maximum Gasteiger partial charge on any atom is 2.00 e. The van der Waals surface area contributed by atoms with E-state index in [9.17, 15) is 0 Å². The van der Waals surface area contributed by atoms with Gasteiger partial charge in [-0.25, -0.2) is 0 Å². The molecule has 0 bridgehead atoms. The molecule has 0 amide bonds. The molecule has 0 unspecified atom stereocenters. The van der Waals surface area contributed by atoms with Crippen molar-refractivity contribution in [1.29, 1.82) is 0 Å². The van der Waals surface area contributed by atoms with Gasteiger partial charge in [-0.05, 0) is 0 Å². The Morgan fingerprint density at radius 3 is 0.500 bits per heavy atom. The molecule has 0 radical (unpaired) electrons. The van der Waals surface area contributed by atoms with Gasteiger partial charge >= 0.3 is 138 Å². The van der Waals surface area contributed by atoms with Crippen molar-refractivity contribution in [3.63, 3.8) is 0 Å². The van der Waals surface area contributed by atoms with E-state index in [-0.39, 0.29) is 165 Å². The van der Waals surface area contributed by atoms with Crippen LogP contribution in [0.5, 0.6) is 0 Å². The summed E-state index contributed by atoms with van der Waals surface area (Å²) in [5.41, 5.74) is 0. The Kier molecular flexibility index (Phi) is 697. The summed E-state index contributed by atoms with van der Waals surface area (Å²) < 4.78 is 0. The van der Waals surface area contributed by atoms with Gasteiger partial charge in [0.15, 0.2) is 0 Å². The second-order valence-electron chi connectivity index (χ2n) is 0. The molecule has 0 aliphatic heterocycles. The molecule has 0 aromatic heterocycles. The zero-order valence-electron chi connectivity index (χ0n) is 4.65. The normalized spacial score (nSPS) is 0. The molecule has 0 atom stereocenters. The van der Waals surface area contributed by atoms with Gasteiger partial charge < -0.3 is 27.4 Å². The van der Waals surface area contributed by atoms with E-state index in [0.29, 0.717) is 0 Å². The van der Waals surface area contributed by atoms with Crippen molar-refractivity contribution in [2.45, 2.75) is 0 Å². The molecule has 0 aliphatic rings. The molecule has 0 spiro atoms. The minimum Gasteiger partial charge on any atom is -0.870 e. The predicted octanol–water partition coefficient (Wildman–Crippen LogP) is -4.64. The van der Waals surface area contributed by atoms with Gasteiger partial charge in [0.05, 0.1) is 0 Å². The summed E-state index contributed by atoms with van der Waals surface area (Å²) in [4.78, 5) is 0. The summed E-state index contributed by atoms with van der Waals surface area (Å²) in [5.74, 6) is 0. The van der Waals surface area contributed by atoms with Gasteiger partial charge in [-0.3, -0.25) is 0 Å². The fraction of sp³-hybridized carbons (Fsp3) is 0. The third kappa shape index (κ3) is 48.4. The first kappa shape index (κ1) is 85.5. The van der Waals surface area contributed by atoms with Crippen LogP contribution in [0, 0.1) is 0 Å². The Bertz CT molecular complexity index is 12.4. The van der Waals surface area contributed by atoms with Crippen LogP contribution in [0.25, 0.3) is 0 Å². The molecule has 5 nitrogen and oxygen atoms in total. The Balaban J connectivity index is 0. The molecule has 40 valence electrons. The molecular formula is H5BaCaKO5. The predicted molar refractivity (Wildman–Crippen MR) is 21.2 cm³/mol. The van der Waals surface area contributed by atoms with E-state index < -0.39 is 0 Å². The van der Waals surface area contributed by atoms with Crippen molar-refractivity contribution in [1.82, 2.24) is 0 Å².